The summed E-state index contributed by atoms with van der Waals surface area (Å²) < 4.78 is 0. The summed E-state index contributed by atoms with van der Waals surface area (Å²) in [5.74, 6) is -0.354. The first-order valence-corrected chi connectivity index (χ1v) is 7.35. The highest BCUT2D eigenvalue weighted by molar-refractivity contribution is 6.00. The van der Waals surface area contributed by atoms with Gasteiger partial charge in [-0.15, -0.1) is 0 Å². The molecule has 0 saturated carbocycles. The van der Waals surface area contributed by atoms with Crippen molar-refractivity contribution in [1.82, 2.24) is 15.3 Å². The molecular weight excluding hydrogens is 280 g/mol. The van der Waals surface area contributed by atoms with Gasteiger partial charge in [-0.1, -0.05) is 18.2 Å². The summed E-state index contributed by atoms with van der Waals surface area (Å²) in [6.45, 7) is 0.969. The predicted molar refractivity (Wildman–Crippen MR) is 82.2 cm³/mol. The molecule has 1 aromatic heterocycles. The van der Waals surface area contributed by atoms with Crippen LogP contribution in [-0.4, -0.2) is 34.9 Å². The van der Waals surface area contributed by atoms with Gasteiger partial charge in [-0.2, -0.15) is 0 Å². The third kappa shape index (κ3) is 3.16. The number of nitrogens with zero attached hydrogens (tertiary/aromatic N) is 2. The van der Waals surface area contributed by atoms with E-state index in [0.717, 1.165) is 11.4 Å². The van der Waals surface area contributed by atoms with Crippen LogP contribution in [0.3, 0.4) is 0 Å². The lowest BCUT2D eigenvalue weighted by molar-refractivity contribution is -0.126. The molecule has 0 spiro atoms. The molecule has 1 aromatic carbocycles. The van der Waals surface area contributed by atoms with Crippen LogP contribution in [0.1, 0.15) is 12.1 Å². The number of amides is 2. The van der Waals surface area contributed by atoms with Crippen molar-refractivity contribution < 1.29 is 9.59 Å². The number of H-pyrrole nitrogens is 1. The number of para-hydroxylation sites is 1. The fourth-order valence-electron chi connectivity index (χ4n) is 2.63. The molecule has 1 saturated heterocycles. The number of aromatic amines is 1. The van der Waals surface area contributed by atoms with E-state index in [0.29, 0.717) is 19.5 Å². The van der Waals surface area contributed by atoms with Gasteiger partial charge < -0.3 is 15.2 Å². The first-order chi connectivity index (χ1) is 10.7. The Morgan fingerprint density at radius 2 is 2.18 bits per heavy atom. The summed E-state index contributed by atoms with van der Waals surface area (Å²) in [4.78, 5) is 32.9. The van der Waals surface area contributed by atoms with Crippen LogP contribution < -0.4 is 10.2 Å². The Bertz CT molecular complexity index is 639. The van der Waals surface area contributed by atoms with E-state index in [1.165, 1.54) is 0 Å². The number of hydrogen-bond donors (Lipinski definition) is 2. The highest BCUT2D eigenvalue weighted by Gasteiger charge is 2.34. The first-order valence-electron chi connectivity index (χ1n) is 7.35. The zero-order valence-corrected chi connectivity index (χ0v) is 12.2. The minimum Gasteiger partial charge on any atom is -0.355 e. The van der Waals surface area contributed by atoms with Gasteiger partial charge in [-0.3, -0.25) is 9.59 Å². The van der Waals surface area contributed by atoms with E-state index < -0.39 is 0 Å². The fourth-order valence-corrected chi connectivity index (χ4v) is 2.63. The van der Waals surface area contributed by atoms with Gasteiger partial charge in [-0.05, 0) is 12.1 Å². The van der Waals surface area contributed by atoms with Crippen molar-refractivity contribution in [2.45, 2.75) is 12.8 Å². The van der Waals surface area contributed by atoms with E-state index in [9.17, 15) is 9.59 Å². The monoisotopic (exact) mass is 298 g/mol. The summed E-state index contributed by atoms with van der Waals surface area (Å²) in [6, 6.07) is 9.45. The molecule has 22 heavy (non-hydrogen) atoms. The molecule has 1 fully saturated rings. The zero-order valence-electron chi connectivity index (χ0n) is 12.2. The van der Waals surface area contributed by atoms with Crippen molar-refractivity contribution in [2.75, 3.05) is 18.0 Å². The fraction of sp³-hybridized carbons (Fsp3) is 0.312. The molecule has 1 aliphatic rings. The molecule has 6 heteroatoms. The summed E-state index contributed by atoms with van der Waals surface area (Å²) in [7, 11) is 0. The second-order valence-electron chi connectivity index (χ2n) is 5.34. The van der Waals surface area contributed by atoms with Crippen molar-refractivity contribution >= 4 is 17.5 Å². The highest BCUT2D eigenvalue weighted by Crippen LogP contribution is 2.24. The number of nitrogens with one attached hydrogen (secondary N) is 2. The number of carbonyl (C=O) groups is 2. The average Bonchev–Trinajstić information content (AvgIpc) is 3.17. The van der Waals surface area contributed by atoms with Gasteiger partial charge in [0.25, 0.3) is 0 Å². The molecule has 6 nitrogen and oxygen atoms in total. The van der Waals surface area contributed by atoms with Crippen LogP contribution >= 0.6 is 0 Å². The van der Waals surface area contributed by atoms with E-state index in [2.05, 4.69) is 15.3 Å². The number of aromatic nitrogens is 2. The second-order valence-corrected chi connectivity index (χ2v) is 5.34. The van der Waals surface area contributed by atoms with Crippen molar-refractivity contribution in [3.05, 3.63) is 48.5 Å². The Balaban J connectivity index is 1.53. The molecule has 2 amide bonds. The third-order valence-corrected chi connectivity index (χ3v) is 3.80. The summed E-state index contributed by atoms with van der Waals surface area (Å²) >= 11 is 0. The largest absolute Gasteiger partial charge is 0.355 e. The summed E-state index contributed by atoms with van der Waals surface area (Å²) in [6.07, 6.45) is 4.37. The maximum Gasteiger partial charge on any atom is 0.227 e. The van der Waals surface area contributed by atoms with Gasteiger partial charge in [0.1, 0.15) is 0 Å². The van der Waals surface area contributed by atoms with Crippen molar-refractivity contribution in [3.8, 4) is 0 Å². The van der Waals surface area contributed by atoms with Crippen molar-refractivity contribution in [3.63, 3.8) is 0 Å². The second kappa shape index (κ2) is 6.43. The molecule has 3 rings (SSSR count). The predicted octanol–water partition coefficient (Wildman–Crippen LogP) is 1.12. The number of carbonyl (C=O) groups excluding carboxylic acids is 2. The lowest BCUT2D eigenvalue weighted by Crippen LogP contribution is -2.34. The smallest absolute Gasteiger partial charge is 0.227 e. The molecule has 1 unspecified atom stereocenters. The Morgan fingerprint density at radius 1 is 1.36 bits per heavy atom. The highest BCUT2D eigenvalue weighted by atomic mass is 16.2. The number of hydrogen-bond acceptors (Lipinski definition) is 3. The van der Waals surface area contributed by atoms with Gasteiger partial charge in [0, 0.05) is 37.8 Å². The van der Waals surface area contributed by atoms with E-state index in [4.69, 9.17) is 0 Å². The molecule has 2 aromatic rings. The maximum absolute atomic E-state index is 12.2. The lowest BCUT2D eigenvalue weighted by atomic mass is 10.1. The quantitative estimate of drug-likeness (QED) is 0.868. The summed E-state index contributed by atoms with van der Waals surface area (Å²) in [5, 5.41) is 2.88. The molecular formula is C16H18N4O2. The van der Waals surface area contributed by atoms with Crippen molar-refractivity contribution in [1.29, 1.82) is 0 Å². The number of benzene rings is 1. The first kappa shape index (κ1) is 14.3. The molecule has 1 aliphatic heterocycles. The third-order valence-electron chi connectivity index (χ3n) is 3.80. The van der Waals surface area contributed by atoms with Crippen LogP contribution in [0, 0.1) is 5.92 Å². The van der Waals surface area contributed by atoms with Gasteiger partial charge >= 0.3 is 0 Å². The van der Waals surface area contributed by atoms with Crippen LogP contribution in [0.4, 0.5) is 5.69 Å². The molecule has 2 N–H and O–H groups in total. The van der Waals surface area contributed by atoms with E-state index >= 15 is 0 Å². The van der Waals surface area contributed by atoms with Gasteiger partial charge in [0.15, 0.2) is 0 Å². The topological polar surface area (TPSA) is 78.1 Å². The molecule has 0 bridgehead atoms. The van der Waals surface area contributed by atoms with Crippen LogP contribution in [-0.2, 0) is 16.0 Å². The maximum atomic E-state index is 12.2. The Labute approximate surface area is 128 Å². The van der Waals surface area contributed by atoms with Crippen LogP contribution in [0.15, 0.2) is 42.9 Å². The van der Waals surface area contributed by atoms with Crippen molar-refractivity contribution in [2.24, 2.45) is 5.92 Å². The Hall–Kier alpha value is -2.63. The zero-order chi connectivity index (χ0) is 15.4. The molecule has 1 atom stereocenters. The Morgan fingerprint density at radius 3 is 2.91 bits per heavy atom. The van der Waals surface area contributed by atoms with Gasteiger partial charge in [0.2, 0.25) is 11.8 Å². The minimum absolute atomic E-state index is 0.00125. The molecule has 114 valence electrons. The van der Waals surface area contributed by atoms with Crippen LogP contribution in [0.25, 0.3) is 0 Å². The van der Waals surface area contributed by atoms with Gasteiger partial charge in [0.05, 0.1) is 17.9 Å². The van der Waals surface area contributed by atoms with Gasteiger partial charge in [-0.25, -0.2) is 4.98 Å². The average molecular weight is 298 g/mol. The molecule has 0 aliphatic carbocycles. The molecule has 0 radical (unpaired) electrons. The Kier molecular flexibility index (Phi) is 4.18. The number of imidazole rings is 1. The number of rotatable bonds is 5. The minimum atomic E-state index is -0.285. The van der Waals surface area contributed by atoms with E-state index in [1.54, 1.807) is 11.2 Å². The van der Waals surface area contributed by atoms with Crippen LogP contribution in [0.2, 0.25) is 0 Å². The SMILES string of the molecule is O=C(NCCc1c[nH]cn1)C1CC(=O)N(c2ccccc2)C1. The van der Waals surface area contributed by atoms with E-state index in [1.807, 2.05) is 36.5 Å². The number of anilines is 1. The normalized spacial score (nSPS) is 17.7. The molecule has 2 heterocycles. The standard InChI is InChI=1S/C16H18N4O2/c21-15-8-12(10-20(15)14-4-2-1-3-5-14)16(22)18-7-6-13-9-17-11-19-13/h1-5,9,11-12H,6-8,10H2,(H,17,19)(H,18,22). The lowest BCUT2D eigenvalue weighted by Gasteiger charge is -2.16. The summed E-state index contributed by atoms with van der Waals surface area (Å²) in [5.41, 5.74) is 1.76. The van der Waals surface area contributed by atoms with E-state index in [-0.39, 0.29) is 24.2 Å². The van der Waals surface area contributed by atoms with Crippen LogP contribution in [0.5, 0.6) is 0 Å².